The van der Waals surface area contributed by atoms with Crippen LogP contribution in [0.1, 0.15) is 24.1 Å². The first-order chi connectivity index (χ1) is 12.7. The molecule has 1 heterocycles. The number of alkyl halides is 3. The number of benzene rings is 1. The van der Waals surface area contributed by atoms with E-state index in [0.717, 1.165) is 24.2 Å². The number of nitrogens with one attached hydrogen (secondary N) is 1. The third-order valence-electron chi connectivity index (χ3n) is 4.12. The Morgan fingerprint density at radius 2 is 1.93 bits per heavy atom. The number of anilines is 1. The monoisotopic (exact) mass is 396 g/mol. The summed E-state index contributed by atoms with van der Waals surface area (Å²) in [5.74, 6) is 0. The van der Waals surface area contributed by atoms with Gasteiger partial charge in [-0.25, -0.2) is 0 Å². The number of nitrogens with zero attached hydrogens (tertiary/aromatic N) is 3. The number of likely N-dealkylation sites (N-methyl/N-ethyl adjacent to an activating group) is 1. The minimum absolute atomic E-state index is 0.0792. The quantitative estimate of drug-likeness (QED) is 0.731. The predicted molar refractivity (Wildman–Crippen MR) is 106 cm³/mol. The standard InChI is InChI=1S/C19H23F3N4S/c1-14(15-6-5-9-23-13-15)26(11-10-25(2)3)18(27)24-17-8-4-7-16(12-17)19(20,21)22/h4-9,12-14H,10-11H2,1-3H3,(H,24,27). The second-order valence-corrected chi connectivity index (χ2v) is 6.85. The summed E-state index contributed by atoms with van der Waals surface area (Å²) in [6.07, 6.45) is -0.938. The van der Waals surface area contributed by atoms with Crippen molar-refractivity contribution in [2.75, 3.05) is 32.5 Å². The summed E-state index contributed by atoms with van der Waals surface area (Å²) in [7, 11) is 3.91. The van der Waals surface area contributed by atoms with Gasteiger partial charge in [-0.3, -0.25) is 4.98 Å². The fraction of sp³-hybridized carbons (Fsp3) is 0.368. The van der Waals surface area contributed by atoms with Crippen LogP contribution in [0.2, 0.25) is 0 Å². The first-order valence-electron chi connectivity index (χ1n) is 8.48. The van der Waals surface area contributed by atoms with Crippen molar-refractivity contribution in [2.24, 2.45) is 0 Å². The number of aromatic nitrogens is 1. The number of pyridine rings is 1. The SMILES string of the molecule is CC(c1cccnc1)N(CCN(C)C)C(=S)Nc1cccc(C(F)(F)F)c1. The predicted octanol–water partition coefficient (Wildman–Crippen LogP) is 4.42. The molecule has 0 radical (unpaired) electrons. The van der Waals surface area contributed by atoms with Gasteiger partial charge in [-0.05, 0) is 63.1 Å². The van der Waals surface area contributed by atoms with E-state index in [-0.39, 0.29) is 6.04 Å². The van der Waals surface area contributed by atoms with Crippen LogP contribution in [-0.2, 0) is 6.18 Å². The molecular formula is C19H23F3N4S. The molecule has 0 aliphatic carbocycles. The number of halogens is 3. The zero-order chi connectivity index (χ0) is 20.0. The molecule has 0 saturated carbocycles. The van der Waals surface area contributed by atoms with Crippen molar-refractivity contribution in [3.05, 3.63) is 59.9 Å². The highest BCUT2D eigenvalue weighted by Gasteiger charge is 2.30. The van der Waals surface area contributed by atoms with Gasteiger partial charge in [0.05, 0.1) is 11.6 Å². The van der Waals surface area contributed by atoms with E-state index in [1.165, 1.54) is 6.07 Å². The minimum atomic E-state index is -4.40. The molecule has 0 spiro atoms. The van der Waals surface area contributed by atoms with Crippen LogP contribution in [0.5, 0.6) is 0 Å². The summed E-state index contributed by atoms with van der Waals surface area (Å²) in [5.41, 5.74) is 0.572. The molecule has 1 unspecified atom stereocenters. The van der Waals surface area contributed by atoms with Gasteiger partial charge in [-0.15, -0.1) is 0 Å². The third-order valence-corrected chi connectivity index (χ3v) is 4.46. The van der Waals surface area contributed by atoms with Gasteiger partial charge in [0.25, 0.3) is 0 Å². The molecule has 146 valence electrons. The van der Waals surface area contributed by atoms with Crippen LogP contribution < -0.4 is 5.32 Å². The van der Waals surface area contributed by atoms with Gasteiger partial charge in [0.15, 0.2) is 5.11 Å². The molecule has 8 heteroatoms. The maximum Gasteiger partial charge on any atom is 0.416 e. The van der Waals surface area contributed by atoms with Gasteiger partial charge in [-0.1, -0.05) is 12.1 Å². The highest BCUT2D eigenvalue weighted by molar-refractivity contribution is 7.80. The lowest BCUT2D eigenvalue weighted by Crippen LogP contribution is -2.41. The smallest absolute Gasteiger partial charge is 0.341 e. The second-order valence-electron chi connectivity index (χ2n) is 6.47. The molecular weight excluding hydrogens is 373 g/mol. The van der Waals surface area contributed by atoms with E-state index >= 15 is 0 Å². The molecule has 1 aromatic carbocycles. The summed E-state index contributed by atoms with van der Waals surface area (Å²) in [6, 6.07) is 8.75. The Morgan fingerprint density at radius 1 is 1.19 bits per heavy atom. The molecule has 4 nitrogen and oxygen atoms in total. The van der Waals surface area contributed by atoms with Crippen LogP contribution in [0.15, 0.2) is 48.8 Å². The highest BCUT2D eigenvalue weighted by atomic mass is 32.1. The van der Waals surface area contributed by atoms with Crippen LogP contribution in [0.25, 0.3) is 0 Å². The Balaban J connectivity index is 2.21. The molecule has 0 fully saturated rings. The summed E-state index contributed by atoms with van der Waals surface area (Å²) in [5, 5.41) is 3.32. The summed E-state index contributed by atoms with van der Waals surface area (Å²) in [6.45, 7) is 3.36. The third kappa shape index (κ3) is 6.18. The van der Waals surface area contributed by atoms with E-state index in [0.29, 0.717) is 17.3 Å². The van der Waals surface area contributed by atoms with Crippen molar-refractivity contribution >= 4 is 23.0 Å². The van der Waals surface area contributed by atoms with E-state index in [1.54, 1.807) is 18.5 Å². The van der Waals surface area contributed by atoms with Crippen molar-refractivity contribution in [1.82, 2.24) is 14.8 Å². The molecule has 2 rings (SSSR count). The zero-order valence-corrected chi connectivity index (χ0v) is 16.3. The summed E-state index contributed by atoms with van der Waals surface area (Å²) in [4.78, 5) is 8.11. The van der Waals surface area contributed by atoms with E-state index in [1.807, 2.05) is 43.0 Å². The van der Waals surface area contributed by atoms with Gasteiger partial charge < -0.3 is 15.1 Å². The lowest BCUT2D eigenvalue weighted by Gasteiger charge is -2.33. The average Bonchev–Trinajstić information content (AvgIpc) is 2.61. The van der Waals surface area contributed by atoms with E-state index in [9.17, 15) is 13.2 Å². The maximum absolute atomic E-state index is 12.9. The molecule has 1 aromatic heterocycles. The zero-order valence-electron chi connectivity index (χ0n) is 15.5. The molecule has 27 heavy (non-hydrogen) atoms. The number of hydrogen-bond donors (Lipinski definition) is 1. The number of thiocarbonyl (C=S) groups is 1. The van der Waals surface area contributed by atoms with E-state index < -0.39 is 11.7 Å². The molecule has 1 N–H and O–H groups in total. The van der Waals surface area contributed by atoms with Crippen LogP contribution in [0.3, 0.4) is 0 Å². The van der Waals surface area contributed by atoms with Gasteiger partial charge in [0.1, 0.15) is 0 Å². The molecule has 0 aliphatic heterocycles. The lowest BCUT2D eigenvalue weighted by molar-refractivity contribution is -0.137. The molecule has 0 saturated heterocycles. The Labute approximate surface area is 163 Å². The van der Waals surface area contributed by atoms with Gasteiger partial charge in [0, 0.05) is 31.2 Å². The van der Waals surface area contributed by atoms with Crippen molar-refractivity contribution < 1.29 is 13.2 Å². The average molecular weight is 396 g/mol. The molecule has 2 aromatic rings. The van der Waals surface area contributed by atoms with Gasteiger partial charge in [0.2, 0.25) is 0 Å². The first kappa shape index (κ1) is 21.1. The normalized spacial score (nSPS) is 12.7. The van der Waals surface area contributed by atoms with Crippen molar-refractivity contribution in [3.63, 3.8) is 0 Å². The molecule has 1 atom stereocenters. The molecule has 0 aliphatic rings. The maximum atomic E-state index is 12.9. The van der Waals surface area contributed by atoms with E-state index in [2.05, 4.69) is 10.3 Å². The van der Waals surface area contributed by atoms with Crippen molar-refractivity contribution in [2.45, 2.75) is 19.1 Å². The Hall–Kier alpha value is -2.19. The Morgan fingerprint density at radius 3 is 2.52 bits per heavy atom. The van der Waals surface area contributed by atoms with Crippen LogP contribution in [0, 0.1) is 0 Å². The van der Waals surface area contributed by atoms with Crippen molar-refractivity contribution in [1.29, 1.82) is 0 Å². The second kappa shape index (κ2) is 9.14. The Bertz CT molecular complexity index is 750. The topological polar surface area (TPSA) is 31.4 Å². The minimum Gasteiger partial charge on any atom is -0.341 e. The molecule has 0 amide bonds. The Kier molecular flexibility index (Phi) is 7.15. The summed E-state index contributed by atoms with van der Waals surface area (Å²) >= 11 is 5.52. The number of rotatable bonds is 6. The number of hydrogen-bond acceptors (Lipinski definition) is 3. The highest BCUT2D eigenvalue weighted by Crippen LogP contribution is 2.31. The van der Waals surface area contributed by atoms with Crippen LogP contribution >= 0.6 is 12.2 Å². The first-order valence-corrected chi connectivity index (χ1v) is 8.89. The summed E-state index contributed by atoms with van der Waals surface area (Å²) < 4.78 is 38.8. The van der Waals surface area contributed by atoms with Crippen LogP contribution in [0.4, 0.5) is 18.9 Å². The van der Waals surface area contributed by atoms with E-state index in [4.69, 9.17) is 12.2 Å². The van der Waals surface area contributed by atoms with Gasteiger partial charge >= 0.3 is 6.18 Å². The molecule has 0 bridgehead atoms. The largest absolute Gasteiger partial charge is 0.416 e. The van der Waals surface area contributed by atoms with Gasteiger partial charge in [-0.2, -0.15) is 13.2 Å². The fourth-order valence-corrected chi connectivity index (χ4v) is 2.92. The fourth-order valence-electron chi connectivity index (χ4n) is 2.55. The van der Waals surface area contributed by atoms with Crippen LogP contribution in [-0.4, -0.2) is 47.1 Å². The lowest BCUT2D eigenvalue weighted by atomic mass is 10.1. The van der Waals surface area contributed by atoms with Crippen molar-refractivity contribution in [3.8, 4) is 0 Å².